The molecule has 9 nitrogen and oxygen atoms in total. The van der Waals surface area contributed by atoms with Crippen molar-refractivity contribution in [3.63, 3.8) is 0 Å². The summed E-state index contributed by atoms with van der Waals surface area (Å²) >= 11 is 4.48. The second kappa shape index (κ2) is 11.5. The number of ketones is 1. The van der Waals surface area contributed by atoms with E-state index in [9.17, 15) is 22.8 Å². The molecule has 4 rings (SSSR count). The van der Waals surface area contributed by atoms with Crippen molar-refractivity contribution in [3.05, 3.63) is 72.3 Å². The number of ether oxygens (including phenoxy) is 1. The number of amides is 1. The van der Waals surface area contributed by atoms with E-state index in [2.05, 4.69) is 22.7 Å². The summed E-state index contributed by atoms with van der Waals surface area (Å²) in [6.07, 6.45) is 0.245. The number of sulfonamides is 1. The Kier molecular flexibility index (Phi) is 8.39. The number of Topliss-reactive ketones (excluding diaryl/α,β-unsaturated/α-hetero) is 1. The number of nitrogens with zero attached hydrogens (tertiary/aromatic N) is 2. The van der Waals surface area contributed by atoms with Crippen molar-refractivity contribution in [3.8, 4) is 0 Å². The summed E-state index contributed by atoms with van der Waals surface area (Å²) in [5, 5.41) is 4.02. The first-order chi connectivity index (χ1) is 18.1. The van der Waals surface area contributed by atoms with Crippen molar-refractivity contribution >= 4 is 56.8 Å². The number of carbonyl (C=O) groups is 3. The zero-order chi connectivity index (χ0) is 27.4. The molecule has 1 aliphatic heterocycles. The molecule has 38 heavy (non-hydrogen) atoms. The van der Waals surface area contributed by atoms with Crippen LogP contribution in [0.25, 0.3) is 10.8 Å². The number of rotatable bonds is 9. The van der Waals surface area contributed by atoms with E-state index < -0.39 is 27.9 Å². The van der Waals surface area contributed by atoms with Crippen LogP contribution in [0, 0.1) is 0 Å². The van der Waals surface area contributed by atoms with Crippen LogP contribution >= 0.6 is 12.6 Å². The predicted octanol–water partition coefficient (Wildman–Crippen LogP) is 2.83. The number of fused-ring (bicyclic) bond motifs is 1. The molecule has 1 aliphatic rings. The largest absolute Gasteiger partial charge is 0.465 e. The third-order valence-corrected chi connectivity index (χ3v) is 8.75. The Hall–Kier alpha value is -3.41. The maximum absolute atomic E-state index is 13.7. The van der Waals surface area contributed by atoms with Crippen LogP contribution in [0.5, 0.6) is 0 Å². The first-order valence-corrected chi connectivity index (χ1v) is 13.9. The van der Waals surface area contributed by atoms with Gasteiger partial charge in [-0.25, -0.2) is 13.2 Å². The van der Waals surface area contributed by atoms with Crippen LogP contribution in [0.1, 0.15) is 16.8 Å². The second-order valence-electron chi connectivity index (χ2n) is 9.11. The normalized spacial score (nSPS) is 17.8. The highest BCUT2D eigenvalue weighted by Gasteiger charge is 2.44. The van der Waals surface area contributed by atoms with Crippen LogP contribution in [0.4, 0.5) is 5.69 Å². The third-order valence-electron chi connectivity index (χ3n) is 6.44. The van der Waals surface area contributed by atoms with Gasteiger partial charge in [0.2, 0.25) is 15.9 Å². The van der Waals surface area contributed by atoms with Crippen molar-refractivity contribution in [2.24, 2.45) is 0 Å². The fraction of sp³-hybridized carbons (Fsp3) is 0.296. The van der Waals surface area contributed by atoms with Gasteiger partial charge in [-0.05, 0) is 42.1 Å². The molecule has 1 fully saturated rings. The topological polar surface area (TPSA) is 113 Å². The van der Waals surface area contributed by atoms with E-state index in [-0.39, 0.29) is 42.0 Å². The van der Waals surface area contributed by atoms with E-state index in [4.69, 9.17) is 0 Å². The van der Waals surface area contributed by atoms with Gasteiger partial charge in [-0.15, -0.1) is 0 Å². The Balaban J connectivity index is 1.43. The second-order valence-corrected chi connectivity index (χ2v) is 11.7. The number of benzene rings is 3. The summed E-state index contributed by atoms with van der Waals surface area (Å²) < 4.78 is 33.3. The van der Waals surface area contributed by atoms with Crippen molar-refractivity contribution in [1.82, 2.24) is 9.21 Å². The van der Waals surface area contributed by atoms with Crippen LogP contribution in [0.2, 0.25) is 0 Å². The molecule has 200 valence electrons. The van der Waals surface area contributed by atoms with Gasteiger partial charge >= 0.3 is 5.97 Å². The lowest BCUT2D eigenvalue weighted by atomic mass is 10.1. The molecule has 0 saturated carbocycles. The lowest BCUT2D eigenvalue weighted by Crippen LogP contribution is -2.48. The number of nitrogens with one attached hydrogen (secondary N) is 1. The lowest BCUT2D eigenvalue weighted by Gasteiger charge is -2.27. The van der Waals surface area contributed by atoms with Gasteiger partial charge in [-0.3, -0.25) is 9.59 Å². The van der Waals surface area contributed by atoms with Crippen molar-refractivity contribution in [1.29, 1.82) is 0 Å². The molecular formula is C27H29N3O6S2. The summed E-state index contributed by atoms with van der Waals surface area (Å²) in [6.45, 7) is -0.148. The maximum atomic E-state index is 13.7. The summed E-state index contributed by atoms with van der Waals surface area (Å²) in [4.78, 5) is 38.9. The molecule has 11 heteroatoms. The van der Waals surface area contributed by atoms with Crippen LogP contribution in [-0.4, -0.2) is 80.4 Å². The first-order valence-electron chi connectivity index (χ1n) is 12.0. The summed E-state index contributed by atoms with van der Waals surface area (Å²) in [5.74, 6) is -1.18. The van der Waals surface area contributed by atoms with Crippen molar-refractivity contribution in [2.75, 3.05) is 39.1 Å². The van der Waals surface area contributed by atoms with E-state index in [1.54, 1.807) is 48.5 Å². The van der Waals surface area contributed by atoms with Gasteiger partial charge in [-0.1, -0.05) is 36.4 Å². The van der Waals surface area contributed by atoms with Gasteiger partial charge in [0.1, 0.15) is 6.04 Å². The molecule has 2 atom stereocenters. The number of hydrogen-bond acceptors (Lipinski definition) is 8. The third kappa shape index (κ3) is 5.85. The minimum absolute atomic E-state index is 0.0485. The molecule has 1 saturated heterocycles. The number of methoxy groups -OCH3 is 1. The van der Waals surface area contributed by atoms with Gasteiger partial charge in [0.05, 0.1) is 30.7 Å². The number of thiol groups is 1. The molecule has 0 spiro atoms. The molecule has 1 N–H and O–H groups in total. The van der Waals surface area contributed by atoms with Crippen LogP contribution in [0.3, 0.4) is 0 Å². The van der Waals surface area contributed by atoms with Gasteiger partial charge in [0.15, 0.2) is 5.78 Å². The van der Waals surface area contributed by atoms with Crippen LogP contribution < -0.4 is 5.32 Å². The number of likely N-dealkylation sites (N-methyl/N-ethyl adjacent to an activating group) is 1. The van der Waals surface area contributed by atoms with E-state index in [1.165, 1.54) is 23.4 Å². The number of hydrogen-bond donors (Lipinski definition) is 2. The molecule has 3 aromatic rings. The van der Waals surface area contributed by atoms with E-state index in [0.717, 1.165) is 5.39 Å². The smallest absolute Gasteiger partial charge is 0.337 e. The molecule has 0 aliphatic carbocycles. The molecule has 2 unspecified atom stereocenters. The van der Waals surface area contributed by atoms with Crippen LogP contribution in [0.15, 0.2) is 71.6 Å². The highest BCUT2D eigenvalue weighted by molar-refractivity contribution is 7.89. The first kappa shape index (κ1) is 27.6. The summed E-state index contributed by atoms with van der Waals surface area (Å²) in [7, 11) is -1.22. The monoisotopic (exact) mass is 555 g/mol. The SMILES string of the molecule is COC(=O)c1ccc(NCC(=O)CN(C)C(=O)C2CC(S)CN2S(=O)(=O)c2cccc3ccccc23)cc1. The summed E-state index contributed by atoms with van der Waals surface area (Å²) in [6, 6.07) is 17.7. The molecule has 1 heterocycles. The quantitative estimate of drug-likeness (QED) is 0.308. The van der Waals surface area contributed by atoms with Gasteiger partial charge < -0.3 is 15.0 Å². The zero-order valence-electron chi connectivity index (χ0n) is 21.0. The molecule has 3 aromatic carbocycles. The summed E-state index contributed by atoms with van der Waals surface area (Å²) in [5.41, 5.74) is 1.01. The van der Waals surface area contributed by atoms with E-state index in [0.29, 0.717) is 16.6 Å². The highest BCUT2D eigenvalue weighted by Crippen LogP contribution is 2.32. The zero-order valence-corrected chi connectivity index (χ0v) is 22.7. The Morgan fingerprint density at radius 3 is 2.45 bits per heavy atom. The molecule has 0 radical (unpaired) electrons. The minimum Gasteiger partial charge on any atom is -0.465 e. The van der Waals surface area contributed by atoms with Crippen molar-refractivity contribution in [2.45, 2.75) is 22.6 Å². The Morgan fingerprint density at radius 1 is 1.05 bits per heavy atom. The van der Waals surface area contributed by atoms with Gasteiger partial charge in [0.25, 0.3) is 0 Å². The molecule has 1 amide bonds. The number of carbonyl (C=O) groups excluding carboxylic acids is 3. The molecule has 0 aromatic heterocycles. The standard InChI is InChI=1S/C27H29N3O6S2/c1-29(16-21(31)15-28-20-12-10-19(11-13-20)27(33)36-2)26(32)24-14-22(37)17-30(24)38(34,35)25-9-5-7-18-6-3-4-8-23(18)25/h3-13,22,24,28,37H,14-17H2,1-2H3. The highest BCUT2D eigenvalue weighted by atomic mass is 32.2. The maximum Gasteiger partial charge on any atom is 0.337 e. The molecule has 0 bridgehead atoms. The molecular weight excluding hydrogens is 526 g/mol. The minimum atomic E-state index is -4.01. The Labute approximate surface area is 227 Å². The Morgan fingerprint density at radius 2 is 1.74 bits per heavy atom. The van der Waals surface area contributed by atoms with E-state index in [1.807, 2.05) is 18.2 Å². The number of esters is 1. The number of anilines is 1. The van der Waals surface area contributed by atoms with Gasteiger partial charge in [0, 0.05) is 29.9 Å². The van der Waals surface area contributed by atoms with Crippen LogP contribution in [-0.2, 0) is 24.3 Å². The predicted molar refractivity (Wildman–Crippen MR) is 148 cm³/mol. The fourth-order valence-corrected chi connectivity index (χ4v) is 6.86. The average Bonchev–Trinajstić information content (AvgIpc) is 3.33. The van der Waals surface area contributed by atoms with Crippen molar-refractivity contribution < 1.29 is 27.5 Å². The van der Waals surface area contributed by atoms with E-state index >= 15 is 0 Å². The average molecular weight is 556 g/mol. The lowest BCUT2D eigenvalue weighted by molar-refractivity contribution is -0.136. The fourth-order valence-electron chi connectivity index (χ4n) is 4.52. The van der Waals surface area contributed by atoms with Gasteiger partial charge in [-0.2, -0.15) is 16.9 Å². The Bertz CT molecular complexity index is 1450.